The van der Waals surface area contributed by atoms with Gasteiger partial charge in [0, 0.05) is 75.5 Å². The van der Waals surface area contributed by atoms with Gasteiger partial charge in [-0.1, -0.05) is 72.8 Å². The van der Waals surface area contributed by atoms with Crippen molar-refractivity contribution in [3.8, 4) is 11.5 Å². The quantitative estimate of drug-likeness (QED) is 0.129. The van der Waals surface area contributed by atoms with Crippen LogP contribution < -0.4 is 78.4 Å². The Balaban J connectivity index is 0.995. The second-order valence-corrected chi connectivity index (χ2v) is 21.9. The lowest BCUT2D eigenvalue weighted by molar-refractivity contribution is 0.478. The van der Waals surface area contributed by atoms with E-state index >= 15 is 35.1 Å². The second kappa shape index (κ2) is 16.3. The molecule has 0 radical (unpaired) electrons. The van der Waals surface area contributed by atoms with Crippen molar-refractivity contribution < 1.29 is 39.9 Å². The molecule has 0 bridgehead atoms. The van der Waals surface area contributed by atoms with E-state index in [1.807, 2.05) is 107 Å². The molecule has 7 heterocycles. The molecular weight excluding hydrogens is 1060 g/mol. The molecule has 0 spiro atoms. The molecule has 7 aliphatic heterocycles. The van der Waals surface area contributed by atoms with Crippen molar-refractivity contribution in [1.82, 2.24) is 0 Å². The maximum absolute atomic E-state index is 16.3. The Kier molecular flexibility index (Phi) is 9.14. The van der Waals surface area contributed by atoms with E-state index in [1.165, 1.54) is 48.5 Å². The topological polar surface area (TPSA) is 25.4 Å². The van der Waals surface area contributed by atoms with Gasteiger partial charge in [0.2, 0.25) is 0 Å². The molecule has 0 saturated carbocycles. The number of nitrogens with zero attached hydrogens (tertiary/aromatic N) is 5. The zero-order valence-electron chi connectivity index (χ0n) is 42.9. The molecule has 11 aromatic rings. The number of hydrogen-bond acceptors (Lipinski definition) is 6. The largest absolute Gasteiger partial charge is 0.453 e. The summed E-state index contributed by atoms with van der Waals surface area (Å²) in [5.41, 5.74) is 14.3. The Morgan fingerprint density at radius 1 is 0.241 bits per heavy atom. The molecule has 0 atom stereocenters. The number of hydrogen-bond donors (Lipinski definition) is 0. The third kappa shape index (κ3) is 6.20. The summed E-state index contributed by atoms with van der Waals surface area (Å²) >= 11 is 0. The fourth-order valence-corrected chi connectivity index (χ4v) is 14.8. The number of ether oxygens (including phenoxy) is 1. The van der Waals surface area contributed by atoms with Gasteiger partial charge in [-0.25, -0.2) is 35.1 Å². The van der Waals surface area contributed by atoms with E-state index < -0.39 is 66.7 Å². The van der Waals surface area contributed by atoms with Gasteiger partial charge >= 0.3 is 0 Å². The van der Waals surface area contributed by atoms with Gasteiger partial charge in [-0.15, -0.1) is 0 Å². The summed E-state index contributed by atoms with van der Waals surface area (Å²) in [4.78, 5) is 9.43. The predicted octanol–water partition coefficient (Wildman–Crippen LogP) is 11.7. The molecule has 11 aromatic carbocycles. The van der Waals surface area contributed by atoms with Gasteiger partial charge in [0.05, 0.1) is 34.1 Å². The summed E-state index contributed by atoms with van der Waals surface area (Å²) < 4.78 is 134. The van der Waals surface area contributed by atoms with Gasteiger partial charge in [0.25, 0.3) is 20.1 Å². The van der Waals surface area contributed by atoms with Crippen LogP contribution in [0.2, 0.25) is 0 Å². The molecule has 17 heteroatoms. The van der Waals surface area contributed by atoms with E-state index in [0.29, 0.717) is 73.4 Å². The Labute approximate surface area is 469 Å². The molecule has 0 aliphatic carbocycles. The smallest absolute Gasteiger partial charge is 0.252 e. The first-order valence-corrected chi connectivity index (χ1v) is 26.9. The summed E-state index contributed by atoms with van der Waals surface area (Å²) in [5.74, 6) is -5.41. The van der Waals surface area contributed by atoms with Crippen LogP contribution in [0.3, 0.4) is 0 Å². The maximum Gasteiger partial charge on any atom is 0.252 e. The number of anilines is 15. The van der Waals surface area contributed by atoms with Crippen molar-refractivity contribution in [3.05, 3.63) is 241 Å². The minimum absolute atomic E-state index is 0.0999. The third-order valence-corrected chi connectivity index (χ3v) is 17.5. The fraction of sp³-hybridized carbons (Fsp3) is 0. The first-order chi connectivity index (χ1) is 40.4. The van der Waals surface area contributed by atoms with Gasteiger partial charge in [0.15, 0.2) is 11.5 Å². The molecule has 0 fully saturated rings. The highest BCUT2D eigenvalue weighted by Gasteiger charge is 2.55. The number of rotatable bonds is 4. The van der Waals surface area contributed by atoms with E-state index in [0.717, 1.165) is 74.1 Å². The highest BCUT2D eigenvalue weighted by atomic mass is 19.2. The SMILES string of the molecule is Fc1cc(F)cc(N2c3ccccc3B3c4cc5c(cc4N(c4cc(F)cc(F)c4)c4cccc2c43)N(c2cc(F)cc(F)c2)c2cc3c4c6c2B5c2cccc5c2N6c2c(cccc2B4c2ccccc2N3c2cc(F)cc(F)c2)O5)c1. The molecule has 7 aliphatic rings. The minimum atomic E-state index is -0.859. The fourth-order valence-electron chi connectivity index (χ4n) is 14.8. The summed E-state index contributed by atoms with van der Waals surface area (Å²) in [7, 11) is 0. The van der Waals surface area contributed by atoms with Crippen molar-refractivity contribution in [1.29, 1.82) is 0 Å². The van der Waals surface area contributed by atoms with Gasteiger partial charge in [-0.05, 0) is 146 Å². The van der Waals surface area contributed by atoms with Crippen molar-refractivity contribution in [3.63, 3.8) is 0 Å². The Bertz CT molecular complexity index is 4750. The highest BCUT2D eigenvalue weighted by Crippen LogP contribution is 2.57. The molecule has 18 rings (SSSR count). The van der Waals surface area contributed by atoms with E-state index in [2.05, 4.69) is 23.1 Å². The van der Waals surface area contributed by atoms with Crippen molar-refractivity contribution >= 4 is 155 Å². The molecule has 0 amide bonds. The number of para-hydroxylation sites is 4. The van der Waals surface area contributed by atoms with E-state index in [-0.39, 0.29) is 22.7 Å². The zero-order valence-corrected chi connectivity index (χ0v) is 42.9. The minimum Gasteiger partial charge on any atom is -0.453 e. The van der Waals surface area contributed by atoms with Crippen LogP contribution in [0.5, 0.6) is 11.5 Å². The molecule has 0 aromatic heterocycles. The zero-order chi connectivity index (χ0) is 55.6. The lowest BCUT2D eigenvalue weighted by atomic mass is 9.28. The lowest BCUT2D eigenvalue weighted by Crippen LogP contribution is -2.69. The summed E-state index contributed by atoms with van der Waals surface area (Å²) in [5, 5.41) is 0. The van der Waals surface area contributed by atoms with Crippen molar-refractivity contribution in [2.75, 3.05) is 24.5 Å². The predicted molar refractivity (Wildman–Crippen MR) is 314 cm³/mol. The molecule has 83 heavy (non-hydrogen) atoms. The van der Waals surface area contributed by atoms with Gasteiger partial charge in [0.1, 0.15) is 46.5 Å². The Morgan fingerprint density at radius 3 is 1.01 bits per heavy atom. The van der Waals surface area contributed by atoms with Crippen LogP contribution >= 0.6 is 0 Å². The Hall–Kier alpha value is -10.1. The molecule has 0 saturated heterocycles. The number of halogens is 8. The molecule has 0 unspecified atom stereocenters. The second-order valence-electron chi connectivity index (χ2n) is 21.9. The average Bonchev–Trinajstić information content (AvgIpc) is 0.802. The van der Waals surface area contributed by atoms with E-state index in [4.69, 9.17) is 4.74 Å². The molecule has 0 N–H and O–H groups in total. The normalized spacial score (nSPS) is 14.4. The van der Waals surface area contributed by atoms with Crippen molar-refractivity contribution in [2.24, 2.45) is 0 Å². The molecule has 392 valence electrons. The Morgan fingerprint density at radius 2 is 0.566 bits per heavy atom. The van der Waals surface area contributed by atoms with Crippen LogP contribution in [-0.4, -0.2) is 20.1 Å². The average molecular weight is 1100 g/mol. The summed E-state index contributed by atoms with van der Waals surface area (Å²) in [6, 6.07) is 51.9. The number of fused-ring (bicyclic) bond motifs is 10. The van der Waals surface area contributed by atoms with E-state index in [1.54, 1.807) is 15.9 Å². The first-order valence-electron chi connectivity index (χ1n) is 26.9. The molecular formula is C66H32B3F8N5O. The summed E-state index contributed by atoms with van der Waals surface area (Å²) in [6.45, 7) is -1.76. The lowest BCUT2D eigenvalue weighted by Gasteiger charge is -2.52. The van der Waals surface area contributed by atoms with Crippen molar-refractivity contribution in [2.45, 2.75) is 0 Å². The van der Waals surface area contributed by atoms with Crippen LogP contribution in [0.25, 0.3) is 0 Å². The third-order valence-electron chi connectivity index (χ3n) is 17.5. The van der Waals surface area contributed by atoms with Gasteiger partial charge in [-0.2, -0.15) is 0 Å². The van der Waals surface area contributed by atoms with Crippen LogP contribution in [0, 0.1) is 46.5 Å². The monoisotopic (exact) mass is 1100 g/mol. The first kappa shape index (κ1) is 46.6. The number of benzene rings is 11. The highest BCUT2D eigenvalue weighted by molar-refractivity contribution is 7.06. The summed E-state index contributed by atoms with van der Waals surface area (Å²) in [6.07, 6.45) is 0. The standard InChI is InChI=1S/C66H32B3F8N5O/c70-33-18-34(71)23-41(22-33)78-51-12-3-2-9-46(51)68-49-30-50-56(31-55(49)80(43-26-37(74)20-38(75)27-43)54-15-7-14-53(78)61(54)68)81(44-28-39(76)21-40(77)29-44)58-32-57-62-66-63(58)69(50)48-11-6-17-60-65(48)82(66)64-47(10-5-16-59(64)83-60)67(62)45-8-1-4-13-52(45)79(57)42-24-35(72)19-36(73)25-42/h1-32H. The van der Waals surface area contributed by atoms with Crippen LogP contribution in [-0.2, 0) is 0 Å². The van der Waals surface area contributed by atoms with Crippen LogP contribution in [0.15, 0.2) is 194 Å². The van der Waals surface area contributed by atoms with E-state index in [9.17, 15) is 0 Å². The van der Waals surface area contributed by atoms with Gasteiger partial charge in [-0.3, -0.25) is 0 Å². The maximum atomic E-state index is 16.3. The van der Waals surface area contributed by atoms with Gasteiger partial charge < -0.3 is 29.2 Å². The van der Waals surface area contributed by atoms with Crippen LogP contribution in [0.4, 0.5) is 120 Å². The van der Waals surface area contributed by atoms with Crippen LogP contribution in [0.1, 0.15) is 0 Å². The molecule has 6 nitrogen and oxygen atoms in total.